The number of nitrogens with zero attached hydrogens (tertiary/aromatic N) is 1. The minimum Gasteiger partial charge on any atom is -0.379 e. The lowest BCUT2D eigenvalue weighted by Crippen LogP contribution is -2.45. The fourth-order valence-corrected chi connectivity index (χ4v) is 3.18. The largest absolute Gasteiger partial charge is 0.379 e. The van der Waals surface area contributed by atoms with E-state index in [2.05, 4.69) is 0 Å². The molecule has 1 aromatic rings. The number of carbonyl (C=O) groups is 1. The Balaban J connectivity index is 1.94. The van der Waals surface area contributed by atoms with Crippen molar-refractivity contribution in [1.29, 1.82) is 0 Å². The molecule has 0 bridgehead atoms. The van der Waals surface area contributed by atoms with Crippen LogP contribution in [-0.4, -0.2) is 36.1 Å². The maximum absolute atomic E-state index is 12.7. The maximum Gasteiger partial charge on any atom is 0.227 e. The molecule has 4 heteroatoms. The third-order valence-electron chi connectivity index (χ3n) is 4.15. The van der Waals surface area contributed by atoms with Crippen LogP contribution in [0.4, 0.5) is 0 Å². The van der Waals surface area contributed by atoms with Gasteiger partial charge < -0.3 is 9.64 Å². The van der Waals surface area contributed by atoms with Gasteiger partial charge in [0.1, 0.15) is 0 Å². The molecule has 0 aliphatic carbocycles. The van der Waals surface area contributed by atoms with Gasteiger partial charge in [0.2, 0.25) is 5.91 Å². The molecule has 0 aromatic heterocycles. The summed E-state index contributed by atoms with van der Waals surface area (Å²) in [5, 5.41) is 0.674. The average Bonchev–Trinajstić information content (AvgIpc) is 2.49. The van der Waals surface area contributed by atoms with Crippen molar-refractivity contribution in [2.45, 2.75) is 58.1 Å². The molecule has 0 radical (unpaired) electrons. The summed E-state index contributed by atoms with van der Waals surface area (Å²) in [6.45, 7) is 5.66. The number of carbonyl (C=O) groups excluding carboxylic acids is 1. The van der Waals surface area contributed by atoms with E-state index in [0.717, 1.165) is 38.0 Å². The minimum atomic E-state index is 0.183. The monoisotopic (exact) mass is 323 g/mol. The van der Waals surface area contributed by atoms with Gasteiger partial charge >= 0.3 is 0 Å². The van der Waals surface area contributed by atoms with Crippen molar-refractivity contribution in [2.24, 2.45) is 0 Å². The zero-order valence-corrected chi connectivity index (χ0v) is 14.3. The van der Waals surface area contributed by atoms with Crippen LogP contribution < -0.4 is 0 Å². The van der Waals surface area contributed by atoms with E-state index >= 15 is 0 Å². The molecule has 0 spiro atoms. The molecule has 0 saturated carbocycles. The molecule has 1 aliphatic rings. The molecule has 1 aliphatic heterocycles. The quantitative estimate of drug-likeness (QED) is 0.789. The van der Waals surface area contributed by atoms with Crippen molar-refractivity contribution >= 4 is 17.5 Å². The Morgan fingerprint density at radius 1 is 1.36 bits per heavy atom. The molecular weight excluding hydrogens is 298 g/mol. The fraction of sp³-hybridized carbons (Fsp3) is 0.611. The summed E-state index contributed by atoms with van der Waals surface area (Å²) in [4.78, 5) is 14.7. The number of likely N-dealkylation sites (tertiary alicyclic amines) is 1. The number of rotatable bonds is 6. The number of piperidine rings is 1. The molecule has 1 aromatic carbocycles. The molecule has 3 nitrogen and oxygen atoms in total. The van der Waals surface area contributed by atoms with E-state index in [9.17, 15) is 4.79 Å². The summed E-state index contributed by atoms with van der Waals surface area (Å²) < 4.78 is 5.65. The molecule has 122 valence electrons. The van der Waals surface area contributed by atoms with Gasteiger partial charge in [0.15, 0.2) is 0 Å². The van der Waals surface area contributed by atoms with Gasteiger partial charge in [-0.25, -0.2) is 0 Å². The van der Waals surface area contributed by atoms with E-state index < -0.39 is 0 Å². The SMILES string of the molecule is CC(C)OCC[C@H]1CCCCN1C(=O)Cc1ccccc1Cl. The van der Waals surface area contributed by atoms with Crippen LogP contribution in [0, 0.1) is 0 Å². The van der Waals surface area contributed by atoms with Crippen molar-refractivity contribution < 1.29 is 9.53 Å². The normalized spacial score (nSPS) is 18.7. The predicted octanol–water partition coefficient (Wildman–Crippen LogP) is 4.08. The van der Waals surface area contributed by atoms with Gasteiger partial charge in [-0.1, -0.05) is 29.8 Å². The molecule has 1 fully saturated rings. The van der Waals surface area contributed by atoms with E-state index in [1.165, 1.54) is 6.42 Å². The van der Waals surface area contributed by atoms with E-state index in [4.69, 9.17) is 16.3 Å². The number of ether oxygens (including phenoxy) is 1. The molecule has 1 heterocycles. The second kappa shape index (κ2) is 8.54. The summed E-state index contributed by atoms with van der Waals surface area (Å²) in [6.07, 6.45) is 4.93. The Bertz CT molecular complexity index is 490. The third kappa shape index (κ3) is 4.99. The van der Waals surface area contributed by atoms with Crippen molar-refractivity contribution in [3.05, 3.63) is 34.9 Å². The summed E-state index contributed by atoms with van der Waals surface area (Å²) >= 11 is 6.17. The fourth-order valence-electron chi connectivity index (χ4n) is 2.98. The van der Waals surface area contributed by atoms with Gasteiger partial charge in [-0.2, -0.15) is 0 Å². The van der Waals surface area contributed by atoms with Crippen LogP contribution in [0.3, 0.4) is 0 Å². The van der Waals surface area contributed by atoms with Gasteiger partial charge in [0, 0.05) is 24.2 Å². The lowest BCUT2D eigenvalue weighted by Gasteiger charge is -2.36. The Morgan fingerprint density at radius 2 is 2.14 bits per heavy atom. The highest BCUT2D eigenvalue weighted by molar-refractivity contribution is 6.31. The zero-order chi connectivity index (χ0) is 15.9. The van der Waals surface area contributed by atoms with E-state index in [0.29, 0.717) is 17.5 Å². The van der Waals surface area contributed by atoms with Crippen LogP contribution >= 0.6 is 11.6 Å². The first-order valence-electron chi connectivity index (χ1n) is 8.22. The number of amides is 1. The van der Waals surface area contributed by atoms with Gasteiger partial charge in [0.05, 0.1) is 12.5 Å². The Labute approximate surface area is 138 Å². The molecule has 1 amide bonds. The first-order chi connectivity index (χ1) is 10.6. The Kier molecular flexibility index (Phi) is 6.71. The van der Waals surface area contributed by atoms with Crippen LogP contribution in [0.2, 0.25) is 5.02 Å². The van der Waals surface area contributed by atoms with Crippen LogP contribution in [0.5, 0.6) is 0 Å². The van der Waals surface area contributed by atoms with Crippen molar-refractivity contribution in [3.8, 4) is 0 Å². The molecule has 0 N–H and O–H groups in total. The number of halogens is 1. The zero-order valence-electron chi connectivity index (χ0n) is 13.6. The lowest BCUT2D eigenvalue weighted by molar-refractivity contribution is -0.134. The topological polar surface area (TPSA) is 29.5 Å². The summed E-state index contributed by atoms with van der Waals surface area (Å²) in [5.41, 5.74) is 0.914. The predicted molar refractivity (Wildman–Crippen MR) is 90.2 cm³/mol. The Hall–Kier alpha value is -1.06. The molecule has 1 atom stereocenters. The second-order valence-corrected chi connectivity index (χ2v) is 6.62. The van der Waals surface area contributed by atoms with Crippen LogP contribution in [0.15, 0.2) is 24.3 Å². The first kappa shape index (κ1) is 17.3. The van der Waals surface area contributed by atoms with Gasteiger partial charge in [0.25, 0.3) is 0 Å². The van der Waals surface area contributed by atoms with Gasteiger partial charge in [-0.05, 0) is 51.2 Å². The highest BCUT2D eigenvalue weighted by Gasteiger charge is 2.26. The molecule has 0 unspecified atom stereocenters. The van der Waals surface area contributed by atoms with Crippen LogP contribution in [0.25, 0.3) is 0 Å². The van der Waals surface area contributed by atoms with Crippen LogP contribution in [-0.2, 0) is 16.0 Å². The Morgan fingerprint density at radius 3 is 2.86 bits per heavy atom. The van der Waals surface area contributed by atoms with Crippen molar-refractivity contribution in [2.75, 3.05) is 13.2 Å². The molecule has 1 saturated heterocycles. The number of hydrogen-bond acceptors (Lipinski definition) is 2. The number of benzene rings is 1. The standard InChI is InChI=1S/C18H26ClNO2/c1-14(2)22-12-10-16-8-5-6-11-20(16)18(21)13-15-7-3-4-9-17(15)19/h3-4,7,9,14,16H,5-6,8,10-13H2,1-2H3/t16-/m1/s1. The highest BCUT2D eigenvalue weighted by Crippen LogP contribution is 2.23. The van der Waals surface area contributed by atoms with E-state index in [-0.39, 0.29) is 12.0 Å². The lowest BCUT2D eigenvalue weighted by atomic mass is 9.98. The van der Waals surface area contributed by atoms with E-state index in [1.807, 2.05) is 43.0 Å². The molecule has 2 rings (SSSR count). The third-order valence-corrected chi connectivity index (χ3v) is 4.52. The average molecular weight is 324 g/mol. The van der Waals surface area contributed by atoms with Gasteiger partial charge in [-0.15, -0.1) is 0 Å². The summed E-state index contributed by atoms with van der Waals surface area (Å²) in [5.74, 6) is 0.183. The maximum atomic E-state index is 12.7. The number of hydrogen-bond donors (Lipinski definition) is 0. The molecular formula is C18H26ClNO2. The van der Waals surface area contributed by atoms with Crippen molar-refractivity contribution in [1.82, 2.24) is 4.90 Å². The van der Waals surface area contributed by atoms with Crippen molar-refractivity contribution in [3.63, 3.8) is 0 Å². The summed E-state index contributed by atoms with van der Waals surface area (Å²) in [6, 6.07) is 7.90. The minimum absolute atomic E-state index is 0.183. The smallest absolute Gasteiger partial charge is 0.227 e. The van der Waals surface area contributed by atoms with Crippen LogP contribution in [0.1, 0.15) is 45.1 Å². The first-order valence-corrected chi connectivity index (χ1v) is 8.60. The van der Waals surface area contributed by atoms with Gasteiger partial charge in [-0.3, -0.25) is 4.79 Å². The summed E-state index contributed by atoms with van der Waals surface area (Å²) in [7, 11) is 0. The molecule has 22 heavy (non-hydrogen) atoms. The van der Waals surface area contributed by atoms with E-state index in [1.54, 1.807) is 0 Å². The second-order valence-electron chi connectivity index (χ2n) is 6.21. The highest BCUT2D eigenvalue weighted by atomic mass is 35.5.